The minimum absolute atomic E-state index is 0.250. The fourth-order valence-electron chi connectivity index (χ4n) is 0.530. The average molecular weight is 151 g/mol. The van der Waals surface area contributed by atoms with E-state index in [4.69, 9.17) is 15.9 Å². The second kappa shape index (κ2) is 4.19. The van der Waals surface area contributed by atoms with E-state index in [9.17, 15) is 9.18 Å². The van der Waals surface area contributed by atoms with Gasteiger partial charge in [0.25, 0.3) is 0 Å². The molecular weight excluding hydrogens is 141 g/mol. The third-order valence-corrected chi connectivity index (χ3v) is 1.19. The predicted octanol–water partition coefficient (Wildman–Crippen LogP) is -1.02. The van der Waals surface area contributed by atoms with Gasteiger partial charge in [0.05, 0.1) is 12.0 Å². The second-order valence-corrected chi connectivity index (χ2v) is 1.90. The summed E-state index contributed by atoms with van der Waals surface area (Å²) < 4.78 is 11.6. The molecule has 4 nitrogen and oxygen atoms in total. The van der Waals surface area contributed by atoms with E-state index < -0.39 is 24.7 Å². The van der Waals surface area contributed by atoms with E-state index in [0.29, 0.717) is 0 Å². The maximum absolute atomic E-state index is 11.6. The van der Waals surface area contributed by atoms with Crippen LogP contribution in [0.2, 0.25) is 0 Å². The first-order valence-corrected chi connectivity index (χ1v) is 2.80. The van der Waals surface area contributed by atoms with Crippen LogP contribution in [0.15, 0.2) is 0 Å². The Morgan fingerprint density at radius 2 is 2.20 bits per heavy atom. The van der Waals surface area contributed by atoms with Crippen LogP contribution in [0.4, 0.5) is 4.39 Å². The maximum atomic E-state index is 11.6. The van der Waals surface area contributed by atoms with Gasteiger partial charge in [-0.1, -0.05) is 0 Å². The summed E-state index contributed by atoms with van der Waals surface area (Å²) in [7, 11) is 0. The van der Waals surface area contributed by atoms with E-state index in [1.807, 2.05) is 0 Å². The Balaban J connectivity index is 3.92. The molecule has 2 atom stereocenters. The third kappa shape index (κ3) is 2.28. The first-order chi connectivity index (χ1) is 4.63. The summed E-state index contributed by atoms with van der Waals surface area (Å²) in [5, 5.41) is 16.9. The summed E-state index contributed by atoms with van der Waals surface area (Å²) in [6.07, 6.45) is -1.48. The van der Waals surface area contributed by atoms with Gasteiger partial charge in [0.15, 0.2) is 0 Å². The Morgan fingerprint density at radius 1 is 1.70 bits per heavy atom. The predicted molar refractivity (Wildman–Crippen MR) is 32.2 cm³/mol. The lowest BCUT2D eigenvalue weighted by atomic mass is 10.0. The highest BCUT2D eigenvalue weighted by Crippen LogP contribution is 2.02. The van der Waals surface area contributed by atoms with E-state index in [-0.39, 0.29) is 6.54 Å². The molecule has 0 aliphatic heterocycles. The normalized spacial score (nSPS) is 16.3. The molecule has 60 valence electrons. The summed E-state index contributed by atoms with van der Waals surface area (Å²) in [5.41, 5.74) is 4.94. The topological polar surface area (TPSA) is 83.6 Å². The van der Waals surface area contributed by atoms with Crippen LogP contribution in [0.25, 0.3) is 0 Å². The fraction of sp³-hybridized carbons (Fsp3) is 0.800. The van der Waals surface area contributed by atoms with Crippen molar-refractivity contribution in [3.63, 3.8) is 0 Å². The monoisotopic (exact) mass is 151 g/mol. The summed E-state index contributed by atoms with van der Waals surface area (Å²) in [5.74, 6) is -2.46. The molecule has 0 aromatic carbocycles. The maximum Gasteiger partial charge on any atom is 0.310 e. The van der Waals surface area contributed by atoms with E-state index in [1.165, 1.54) is 0 Å². The van der Waals surface area contributed by atoms with Crippen molar-refractivity contribution in [3.8, 4) is 0 Å². The van der Waals surface area contributed by atoms with Crippen LogP contribution in [0.1, 0.15) is 0 Å². The van der Waals surface area contributed by atoms with Crippen LogP contribution in [0.5, 0.6) is 0 Å². The number of nitrogens with two attached hydrogens (primary N) is 1. The van der Waals surface area contributed by atoms with Gasteiger partial charge in [0.2, 0.25) is 0 Å². The van der Waals surface area contributed by atoms with Crippen molar-refractivity contribution in [2.75, 3.05) is 13.2 Å². The molecule has 0 aromatic rings. The number of carboxylic acids is 1. The van der Waals surface area contributed by atoms with Crippen molar-refractivity contribution in [2.24, 2.45) is 11.7 Å². The van der Waals surface area contributed by atoms with Crippen molar-refractivity contribution < 1.29 is 19.4 Å². The van der Waals surface area contributed by atoms with Crippen LogP contribution in [-0.4, -0.2) is 35.5 Å². The Labute approximate surface area is 57.5 Å². The Hall–Kier alpha value is -0.680. The van der Waals surface area contributed by atoms with E-state index in [0.717, 1.165) is 0 Å². The SMILES string of the molecule is NC[C@H](C(=O)O)[C@H](O)CF. The lowest BCUT2D eigenvalue weighted by molar-refractivity contribution is -0.145. The summed E-state index contributed by atoms with van der Waals surface area (Å²) in [4.78, 5) is 10.1. The molecule has 0 aromatic heterocycles. The zero-order valence-corrected chi connectivity index (χ0v) is 5.33. The van der Waals surface area contributed by atoms with Crippen LogP contribution in [-0.2, 0) is 4.79 Å². The molecule has 4 N–H and O–H groups in total. The molecule has 0 amide bonds. The number of carbonyl (C=O) groups is 1. The van der Waals surface area contributed by atoms with Gasteiger partial charge in [-0.3, -0.25) is 4.79 Å². The largest absolute Gasteiger partial charge is 0.481 e. The zero-order chi connectivity index (χ0) is 8.15. The first-order valence-electron chi connectivity index (χ1n) is 2.80. The molecule has 0 unspecified atom stereocenters. The van der Waals surface area contributed by atoms with Gasteiger partial charge in [0, 0.05) is 6.54 Å². The molecule has 5 heteroatoms. The lowest BCUT2D eigenvalue weighted by Gasteiger charge is -2.12. The van der Waals surface area contributed by atoms with E-state index >= 15 is 0 Å². The van der Waals surface area contributed by atoms with Gasteiger partial charge >= 0.3 is 5.97 Å². The highest BCUT2D eigenvalue weighted by Gasteiger charge is 2.24. The van der Waals surface area contributed by atoms with E-state index in [1.54, 1.807) is 0 Å². The molecular formula is C5H10FNO3. The van der Waals surface area contributed by atoms with Gasteiger partial charge in [-0.25, -0.2) is 4.39 Å². The number of carboxylic acid groups (broad SMARTS) is 1. The quantitative estimate of drug-likeness (QED) is 0.480. The molecule has 0 rings (SSSR count). The molecule has 0 saturated heterocycles. The highest BCUT2D eigenvalue weighted by molar-refractivity contribution is 5.70. The minimum atomic E-state index is -1.48. The molecule has 0 saturated carbocycles. The number of aliphatic hydroxyl groups excluding tert-OH is 1. The van der Waals surface area contributed by atoms with Crippen LogP contribution >= 0.6 is 0 Å². The Kier molecular flexibility index (Phi) is 3.90. The van der Waals surface area contributed by atoms with Crippen molar-refractivity contribution in [1.82, 2.24) is 0 Å². The minimum Gasteiger partial charge on any atom is -0.481 e. The number of alkyl halides is 1. The smallest absolute Gasteiger partial charge is 0.310 e. The van der Waals surface area contributed by atoms with E-state index in [2.05, 4.69) is 0 Å². The Morgan fingerprint density at radius 3 is 2.30 bits per heavy atom. The summed E-state index contributed by atoms with van der Waals surface area (Å²) in [6, 6.07) is 0. The van der Waals surface area contributed by atoms with Crippen molar-refractivity contribution in [3.05, 3.63) is 0 Å². The molecule has 0 bridgehead atoms. The van der Waals surface area contributed by atoms with Gasteiger partial charge in [-0.15, -0.1) is 0 Å². The third-order valence-electron chi connectivity index (χ3n) is 1.19. The number of halogens is 1. The van der Waals surface area contributed by atoms with Crippen molar-refractivity contribution in [2.45, 2.75) is 6.10 Å². The molecule has 0 aliphatic rings. The van der Waals surface area contributed by atoms with Gasteiger partial charge in [-0.05, 0) is 0 Å². The Bertz CT molecular complexity index is 119. The fourth-order valence-corrected chi connectivity index (χ4v) is 0.530. The van der Waals surface area contributed by atoms with Gasteiger partial charge < -0.3 is 15.9 Å². The average Bonchev–Trinajstić information content (AvgIpc) is 1.88. The highest BCUT2D eigenvalue weighted by atomic mass is 19.1. The molecule has 0 heterocycles. The molecule has 10 heavy (non-hydrogen) atoms. The number of hydrogen-bond donors (Lipinski definition) is 3. The molecule has 0 radical (unpaired) electrons. The molecule has 0 aliphatic carbocycles. The van der Waals surface area contributed by atoms with Gasteiger partial charge in [-0.2, -0.15) is 0 Å². The number of rotatable bonds is 4. The lowest BCUT2D eigenvalue weighted by Crippen LogP contribution is -2.35. The number of aliphatic hydroxyl groups is 1. The van der Waals surface area contributed by atoms with Crippen LogP contribution in [0, 0.1) is 5.92 Å². The molecule has 0 fully saturated rings. The summed E-state index contributed by atoms with van der Waals surface area (Å²) in [6.45, 7) is -1.32. The second-order valence-electron chi connectivity index (χ2n) is 1.90. The summed E-state index contributed by atoms with van der Waals surface area (Å²) >= 11 is 0. The number of aliphatic carboxylic acids is 1. The number of hydrogen-bond acceptors (Lipinski definition) is 3. The molecule has 0 spiro atoms. The van der Waals surface area contributed by atoms with Crippen LogP contribution < -0.4 is 5.73 Å². The first kappa shape index (κ1) is 9.32. The van der Waals surface area contributed by atoms with Gasteiger partial charge in [0.1, 0.15) is 6.67 Å². The van der Waals surface area contributed by atoms with Crippen molar-refractivity contribution in [1.29, 1.82) is 0 Å². The zero-order valence-electron chi connectivity index (χ0n) is 5.33. The van der Waals surface area contributed by atoms with Crippen LogP contribution in [0.3, 0.4) is 0 Å². The standard InChI is InChI=1S/C5H10FNO3/c6-1-4(8)3(2-7)5(9)10/h3-4,8H,1-2,7H2,(H,9,10)/t3-,4+/m0/s1. The van der Waals surface area contributed by atoms with Crippen molar-refractivity contribution >= 4 is 5.97 Å².